The lowest BCUT2D eigenvalue weighted by Crippen LogP contribution is -2.44. The van der Waals surface area contributed by atoms with Gasteiger partial charge in [-0.1, -0.05) is 5.16 Å². The van der Waals surface area contributed by atoms with E-state index in [1.54, 1.807) is 0 Å². The molecule has 0 bridgehead atoms. The number of carbonyl (C=O) groups is 1. The Morgan fingerprint density at radius 3 is 2.48 bits per heavy atom. The quantitative estimate of drug-likeness (QED) is 0.864. The molecule has 7 heteroatoms. The molecule has 0 radical (unpaired) electrons. The summed E-state index contributed by atoms with van der Waals surface area (Å²) < 4.78 is 10.4. The van der Waals surface area contributed by atoms with Crippen molar-refractivity contribution in [1.82, 2.24) is 20.8 Å². The number of alkyl carbamates (subject to hydrolysis) is 1. The minimum absolute atomic E-state index is 0.210. The number of aryl methyl sites for hydroxylation is 1. The molecule has 1 saturated carbocycles. The van der Waals surface area contributed by atoms with Crippen LogP contribution in [-0.4, -0.2) is 40.5 Å². The first-order valence-corrected chi connectivity index (χ1v) is 8.34. The predicted octanol–water partition coefficient (Wildman–Crippen LogP) is 2.35. The van der Waals surface area contributed by atoms with Crippen LogP contribution in [0.1, 0.15) is 58.2 Å². The van der Waals surface area contributed by atoms with E-state index in [0.29, 0.717) is 17.8 Å². The Morgan fingerprint density at radius 2 is 1.91 bits per heavy atom. The highest BCUT2D eigenvalue weighted by Gasteiger charge is 2.24. The van der Waals surface area contributed by atoms with Crippen molar-refractivity contribution in [3.8, 4) is 0 Å². The fraction of sp³-hybridized carbons (Fsp3) is 0.812. The van der Waals surface area contributed by atoms with E-state index >= 15 is 0 Å². The maximum Gasteiger partial charge on any atom is 0.407 e. The van der Waals surface area contributed by atoms with Crippen molar-refractivity contribution in [2.24, 2.45) is 0 Å². The highest BCUT2D eigenvalue weighted by molar-refractivity contribution is 5.68. The number of nitrogens with one attached hydrogen (secondary N) is 2. The number of hydrogen-bond acceptors (Lipinski definition) is 6. The number of aromatic nitrogens is 2. The fourth-order valence-electron chi connectivity index (χ4n) is 2.74. The van der Waals surface area contributed by atoms with Gasteiger partial charge in [0.2, 0.25) is 5.89 Å². The summed E-state index contributed by atoms with van der Waals surface area (Å²) in [7, 11) is 0. The van der Waals surface area contributed by atoms with Gasteiger partial charge in [-0.05, 0) is 53.4 Å². The Bertz CT molecular complexity index is 502. The van der Waals surface area contributed by atoms with Gasteiger partial charge in [-0.25, -0.2) is 4.79 Å². The number of carbonyl (C=O) groups excluding carboxylic acids is 1. The van der Waals surface area contributed by atoms with Gasteiger partial charge in [-0.2, -0.15) is 4.98 Å². The van der Waals surface area contributed by atoms with Gasteiger partial charge in [0.15, 0.2) is 5.82 Å². The van der Waals surface area contributed by atoms with Crippen molar-refractivity contribution in [2.45, 2.75) is 77.5 Å². The monoisotopic (exact) mass is 324 g/mol. The second-order valence-corrected chi connectivity index (χ2v) is 7.13. The molecule has 2 N–H and O–H groups in total. The van der Waals surface area contributed by atoms with E-state index < -0.39 is 5.60 Å². The van der Waals surface area contributed by atoms with Crippen LogP contribution in [0.4, 0.5) is 4.79 Å². The SMILES string of the molecule is Cc1noc(CCNC2CCC(NC(=O)OC(C)(C)C)CC2)n1. The molecule has 1 amide bonds. The summed E-state index contributed by atoms with van der Waals surface area (Å²) in [5, 5.41) is 10.3. The molecular weight excluding hydrogens is 296 g/mol. The smallest absolute Gasteiger partial charge is 0.407 e. The zero-order chi connectivity index (χ0) is 16.9. The molecule has 1 aromatic heterocycles. The lowest BCUT2D eigenvalue weighted by Gasteiger charge is -2.30. The van der Waals surface area contributed by atoms with Crippen LogP contribution in [0.15, 0.2) is 4.52 Å². The predicted molar refractivity (Wildman–Crippen MR) is 86.2 cm³/mol. The topological polar surface area (TPSA) is 89.3 Å². The summed E-state index contributed by atoms with van der Waals surface area (Å²) in [6.07, 6.45) is 4.46. The Morgan fingerprint density at radius 1 is 1.26 bits per heavy atom. The van der Waals surface area contributed by atoms with Crippen LogP contribution >= 0.6 is 0 Å². The maximum absolute atomic E-state index is 11.8. The normalized spacial score (nSPS) is 21.9. The van der Waals surface area contributed by atoms with Gasteiger partial charge in [0.05, 0.1) is 0 Å². The first kappa shape index (κ1) is 17.7. The third-order valence-electron chi connectivity index (χ3n) is 3.79. The molecule has 0 unspecified atom stereocenters. The van der Waals surface area contributed by atoms with Crippen LogP contribution in [-0.2, 0) is 11.2 Å². The zero-order valence-electron chi connectivity index (χ0n) is 14.5. The highest BCUT2D eigenvalue weighted by Crippen LogP contribution is 2.19. The van der Waals surface area contributed by atoms with E-state index in [1.165, 1.54) is 0 Å². The van der Waals surface area contributed by atoms with Crippen LogP contribution in [0.25, 0.3) is 0 Å². The van der Waals surface area contributed by atoms with Gasteiger partial charge in [0.1, 0.15) is 5.60 Å². The van der Waals surface area contributed by atoms with Gasteiger partial charge in [-0.15, -0.1) is 0 Å². The number of nitrogens with zero attached hydrogens (tertiary/aromatic N) is 2. The summed E-state index contributed by atoms with van der Waals surface area (Å²) >= 11 is 0. The standard InChI is InChI=1S/C16H28N4O3/c1-11-18-14(23-20-11)9-10-17-12-5-7-13(8-6-12)19-15(21)22-16(2,3)4/h12-13,17H,5-10H2,1-4H3,(H,19,21). The van der Waals surface area contributed by atoms with Gasteiger partial charge in [0, 0.05) is 25.0 Å². The van der Waals surface area contributed by atoms with E-state index in [0.717, 1.165) is 38.6 Å². The van der Waals surface area contributed by atoms with E-state index in [4.69, 9.17) is 9.26 Å². The first-order valence-electron chi connectivity index (χ1n) is 8.34. The molecule has 23 heavy (non-hydrogen) atoms. The van der Waals surface area contributed by atoms with Gasteiger partial charge in [0.25, 0.3) is 0 Å². The summed E-state index contributed by atoms with van der Waals surface area (Å²) in [6.45, 7) is 8.27. The lowest BCUT2D eigenvalue weighted by atomic mass is 9.91. The molecule has 0 aliphatic heterocycles. The molecule has 1 aromatic rings. The van der Waals surface area contributed by atoms with E-state index in [2.05, 4.69) is 20.8 Å². The Labute approximate surface area is 137 Å². The third kappa shape index (κ3) is 6.56. The molecule has 130 valence electrons. The first-order chi connectivity index (χ1) is 10.8. The van der Waals surface area contributed by atoms with Crippen LogP contribution in [0.5, 0.6) is 0 Å². The average molecular weight is 324 g/mol. The van der Waals surface area contributed by atoms with Crippen molar-refractivity contribution >= 4 is 6.09 Å². The molecule has 1 aliphatic rings. The van der Waals surface area contributed by atoms with Crippen molar-refractivity contribution in [2.75, 3.05) is 6.54 Å². The second-order valence-electron chi connectivity index (χ2n) is 7.13. The number of rotatable bonds is 5. The second kappa shape index (κ2) is 7.77. The number of hydrogen-bond donors (Lipinski definition) is 2. The minimum Gasteiger partial charge on any atom is -0.444 e. The number of amides is 1. The highest BCUT2D eigenvalue weighted by atomic mass is 16.6. The van der Waals surface area contributed by atoms with Crippen molar-refractivity contribution < 1.29 is 14.1 Å². The third-order valence-corrected chi connectivity index (χ3v) is 3.79. The van der Waals surface area contributed by atoms with Gasteiger partial charge in [-0.3, -0.25) is 0 Å². The molecule has 0 spiro atoms. The minimum atomic E-state index is -0.448. The summed E-state index contributed by atoms with van der Waals surface area (Å²) in [5.74, 6) is 1.35. The fourth-order valence-corrected chi connectivity index (χ4v) is 2.74. The largest absolute Gasteiger partial charge is 0.444 e. The summed E-state index contributed by atoms with van der Waals surface area (Å²) in [4.78, 5) is 16.0. The molecule has 2 rings (SSSR count). The van der Waals surface area contributed by atoms with Crippen LogP contribution in [0, 0.1) is 6.92 Å². The van der Waals surface area contributed by atoms with E-state index in [-0.39, 0.29) is 12.1 Å². The average Bonchev–Trinajstić information content (AvgIpc) is 2.84. The molecule has 1 fully saturated rings. The Kier molecular flexibility index (Phi) is 5.98. The maximum atomic E-state index is 11.8. The van der Waals surface area contributed by atoms with Crippen molar-refractivity contribution in [1.29, 1.82) is 0 Å². The molecule has 0 atom stereocenters. The van der Waals surface area contributed by atoms with Crippen LogP contribution < -0.4 is 10.6 Å². The zero-order valence-corrected chi connectivity index (χ0v) is 14.5. The Hall–Kier alpha value is -1.63. The van der Waals surface area contributed by atoms with Crippen LogP contribution in [0.2, 0.25) is 0 Å². The van der Waals surface area contributed by atoms with Gasteiger partial charge >= 0.3 is 6.09 Å². The number of ether oxygens (including phenoxy) is 1. The molecule has 7 nitrogen and oxygen atoms in total. The molecule has 1 heterocycles. The van der Waals surface area contributed by atoms with Crippen molar-refractivity contribution in [3.05, 3.63) is 11.7 Å². The van der Waals surface area contributed by atoms with Crippen LogP contribution in [0.3, 0.4) is 0 Å². The molecule has 0 aromatic carbocycles. The van der Waals surface area contributed by atoms with Gasteiger partial charge < -0.3 is 19.9 Å². The Balaban J connectivity index is 1.61. The van der Waals surface area contributed by atoms with E-state index in [9.17, 15) is 4.79 Å². The summed E-state index contributed by atoms with van der Waals surface area (Å²) in [6, 6.07) is 0.692. The molecule has 0 saturated heterocycles. The van der Waals surface area contributed by atoms with E-state index in [1.807, 2.05) is 27.7 Å². The molecule has 1 aliphatic carbocycles. The van der Waals surface area contributed by atoms with Crippen molar-refractivity contribution in [3.63, 3.8) is 0 Å². The molecular formula is C16H28N4O3. The lowest BCUT2D eigenvalue weighted by molar-refractivity contribution is 0.0490. The summed E-state index contributed by atoms with van der Waals surface area (Å²) in [5.41, 5.74) is -0.448.